The summed E-state index contributed by atoms with van der Waals surface area (Å²) in [5.41, 5.74) is -0.735. The monoisotopic (exact) mass is 329 g/mol. The van der Waals surface area contributed by atoms with Gasteiger partial charge in [0.05, 0.1) is 12.1 Å². The van der Waals surface area contributed by atoms with E-state index in [-0.39, 0.29) is 18.9 Å². The van der Waals surface area contributed by atoms with E-state index in [1.807, 2.05) is 19.1 Å². The molecule has 0 radical (unpaired) electrons. The summed E-state index contributed by atoms with van der Waals surface area (Å²) >= 11 is 0. The minimum atomic E-state index is -4.37. The highest BCUT2D eigenvalue weighted by atomic mass is 19.4. The molecule has 0 aliphatic rings. The summed E-state index contributed by atoms with van der Waals surface area (Å²) in [6, 6.07) is 8.04. The van der Waals surface area contributed by atoms with Crippen molar-refractivity contribution in [3.8, 4) is 5.75 Å². The number of halogens is 3. The van der Waals surface area contributed by atoms with Gasteiger partial charge in [0, 0.05) is 6.54 Å². The second-order valence-electron chi connectivity index (χ2n) is 5.13. The second-order valence-corrected chi connectivity index (χ2v) is 5.13. The van der Waals surface area contributed by atoms with Gasteiger partial charge in [-0.1, -0.05) is 0 Å². The van der Waals surface area contributed by atoms with Crippen LogP contribution in [0.15, 0.2) is 40.8 Å². The van der Waals surface area contributed by atoms with Gasteiger partial charge in [-0.25, -0.2) is 0 Å². The van der Waals surface area contributed by atoms with Crippen molar-refractivity contribution in [2.45, 2.75) is 25.7 Å². The molecular formula is C16H18F3NO3. The summed E-state index contributed by atoms with van der Waals surface area (Å²) < 4.78 is 47.9. The number of alkyl halides is 3. The van der Waals surface area contributed by atoms with Crippen LogP contribution in [0.5, 0.6) is 5.75 Å². The average Bonchev–Trinajstić information content (AvgIpc) is 2.90. The van der Waals surface area contributed by atoms with Gasteiger partial charge < -0.3 is 19.6 Å². The minimum Gasteiger partial charge on any atom is -0.491 e. The molecule has 0 bridgehead atoms. The molecule has 7 heteroatoms. The van der Waals surface area contributed by atoms with Gasteiger partial charge in [0.15, 0.2) is 0 Å². The van der Waals surface area contributed by atoms with Crippen molar-refractivity contribution in [3.63, 3.8) is 0 Å². The van der Waals surface area contributed by atoms with Crippen LogP contribution in [0.4, 0.5) is 13.2 Å². The van der Waals surface area contributed by atoms with Gasteiger partial charge in [-0.3, -0.25) is 0 Å². The van der Waals surface area contributed by atoms with Gasteiger partial charge in [-0.2, -0.15) is 13.2 Å². The smallest absolute Gasteiger partial charge is 0.416 e. The molecule has 126 valence electrons. The molecule has 2 aromatic rings. The van der Waals surface area contributed by atoms with Gasteiger partial charge >= 0.3 is 6.18 Å². The summed E-state index contributed by atoms with van der Waals surface area (Å²) in [7, 11) is 0. The normalized spacial score (nSPS) is 13.1. The number of aliphatic hydroxyl groups is 1. The number of aliphatic hydroxyl groups excluding tert-OH is 1. The lowest BCUT2D eigenvalue weighted by atomic mass is 10.2. The van der Waals surface area contributed by atoms with Crippen molar-refractivity contribution < 1.29 is 27.4 Å². The van der Waals surface area contributed by atoms with Crippen molar-refractivity contribution in [2.75, 3.05) is 13.2 Å². The zero-order valence-electron chi connectivity index (χ0n) is 12.6. The predicted molar refractivity (Wildman–Crippen MR) is 78.1 cm³/mol. The average molecular weight is 329 g/mol. The molecule has 1 unspecified atom stereocenters. The standard InChI is InChI=1S/C16H18F3NO3/c1-11-2-5-15(23-11)9-20-8-13(21)10-22-14-6-3-12(4-7-14)16(17,18)19/h2-7,13,20-21H,8-10H2,1H3. The molecule has 0 fully saturated rings. The highest BCUT2D eigenvalue weighted by Gasteiger charge is 2.30. The van der Waals surface area contributed by atoms with Crippen LogP contribution < -0.4 is 10.1 Å². The number of nitrogens with one attached hydrogen (secondary N) is 1. The maximum absolute atomic E-state index is 12.4. The van der Waals surface area contributed by atoms with Gasteiger partial charge in [0.2, 0.25) is 0 Å². The number of furan rings is 1. The number of hydrogen-bond donors (Lipinski definition) is 2. The lowest BCUT2D eigenvalue weighted by Gasteiger charge is -2.13. The third-order valence-electron chi connectivity index (χ3n) is 3.10. The van der Waals surface area contributed by atoms with Crippen LogP contribution in [0.25, 0.3) is 0 Å². The molecule has 23 heavy (non-hydrogen) atoms. The SMILES string of the molecule is Cc1ccc(CNCC(O)COc2ccc(C(F)(F)F)cc2)o1. The van der Waals surface area contributed by atoms with Crippen molar-refractivity contribution >= 4 is 0 Å². The van der Waals surface area contributed by atoms with E-state index in [1.165, 1.54) is 12.1 Å². The van der Waals surface area contributed by atoms with Crippen LogP contribution in [-0.2, 0) is 12.7 Å². The Morgan fingerprint density at radius 3 is 2.43 bits per heavy atom. The Morgan fingerprint density at radius 1 is 1.17 bits per heavy atom. The summed E-state index contributed by atoms with van der Waals surface area (Å²) in [5, 5.41) is 12.8. The quantitative estimate of drug-likeness (QED) is 0.819. The molecular weight excluding hydrogens is 311 g/mol. The first-order chi connectivity index (χ1) is 10.8. The summed E-state index contributed by atoms with van der Waals surface area (Å²) in [6.45, 7) is 2.58. The van der Waals surface area contributed by atoms with Gasteiger partial charge in [-0.05, 0) is 43.3 Å². The third kappa shape index (κ3) is 5.61. The van der Waals surface area contributed by atoms with Crippen LogP contribution in [0, 0.1) is 6.92 Å². The summed E-state index contributed by atoms with van der Waals surface area (Å²) in [4.78, 5) is 0. The molecule has 1 aromatic carbocycles. The van der Waals surface area contributed by atoms with Crippen LogP contribution in [0.3, 0.4) is 0 Å². The number of benzene rings is 1. The van der Waals surface area contributed by atoms with Crippen molar-refractivity contribution in [1.29, 1.82) is 0 Å². The minimum absolute atomic E-state index is 0.0183. The van der Waals surface area contributed by atoms with E-state index in [2.05, 4.69) is 5.32 Å². The molecule has 0 amide bonds. The van der Waals surface area contributed by atoms with Gasteiger partial charge in [-0.15, -0.1) is 0 Å². The zero-order chi connectivity index (χ0) is 16.9. The Bertz CT molecular complexity index is 608. The Labute approximate surface area is 131 Å². The Morgan fingerprint density at radius 2 is 1.87 bits per heavy atom. The lowest BCUT2D eigenvalue weighted by molar-refractivity contribution is -0.137. The van der Waals surface area contributed by atoms with Crippen LogP contribution in [0.2, 0.25) is 0 Å². The molecule has 1 atom stereocenters. The molecule has 0 spiro atoms. The Kier molecular flexibility index (Phi) is 5.68. The number of aryl methyl sites for hydroxylation is 1. The largest absolute Gasteiger partial charge is 0.491 e. The lowest BCUT2D eigenvalue weighted by Crippen LogP contribution is -2.31. The van der Waals surface area contributed by atoms with E-state index in [4.69, 9.17) is 9.15 Å². The number of rotatable bonds is 7. The second kappa shape index (κ2) is 7.52. The molecule has 0 saturated carbocycles. The molecule has 1 aromatic heterocycles. The Hall–Kier alpha value is -1.99. The Balaban J connectivity index is 1.70. The first-order valence-corrected chi connectivity index (χ1v) is 7.09. The van der Waals surface area contributed by atoms with E-state index in [0.29, 0.717) is 6.54 Å². The van der Waals surface area contributed by atoms with Crippen molar-refractivity contribution in [1.82, 2.24) is 5.32 Å². The molecule has 0 aliphatic carbocycles. The predicted octanol–water partition coefficient (Wildman–Crippen LogP) is 3.14. The van der Waals surface area contributed by atoms with E-state index in [1.54, 1.807) is 0 Å². The number of ether oxygens (including phenoxy) is 1. The zero-order valence-corrected chi connectivity index (χ0v) is 12.6. The summed E-state index contributed by atoms with van der Waals surface area (Å²) in [6.07, 6.45) is -5.15. The molecule has 1 heterocycles. The van der Waals surface area contributed by atoms with E-state index in [9.17, 15) is 18.3 Å². The third-order valence-corrected chi connectivity index (χ3v) is 3.10. The van der Waals surface area contributed by atoms with Crippen LogP contribution in [-0.4, -0.2) is 24.4 Å². The van der Waals surface area contributed by atoms with Crippen LogP contribution >= 0.6 is 0 Å². The van der Waals surface area contributed by atoms with Gasteiger partial charge in [0.25, 0.3) is 0 Å². The maximum Gasteiger partial charge on any atom is 0.416 e. The topological polar surface area (TPSA) is 54.6 Å². The van der Waals surface area contributed by atoms with Crippen molar-refractivity contribution in [2.24, 2.45) is 0 Å². The van der Waals surface area contributed by atoms with Gasteiger partial charge in [0.1, 0.15) is 30.0 Å². The summed E-state index contributed by atoms with van der Waals surface area (Å²) in [5.74, 6) is 1.85. The van der Waals surface area contributed by atoms with Crippen molar-refractivity contribution in [3.05, 3.63) is 53.5 Å². The highest BCUT2D eigenvalue weighted by molar-refractivity contribution is 5.28. The molecule has 2 N–H and O–H groups in total. The maximum atomic E-state index is 12.4. The van der Waals surface area contributed by atoms with E-state index >= 15 is 0 Å². The first kappa shape index (κ1) is 17.4. The highest BCUT2D eigenvalue weighted by Crippen LogP contribution is 2.30. The van der Waals surface area contributed by atoms with E-state index in [0.717, 1.165) is 23.7 Å². The van der Waals surface area contributed by atoms with Crippen LogP contribution in [0.1, 0.15) is 17.1 Å². The molecule has 2 rings (SSSR count). The number of hydrogen-bond acceptors (Lipinski definition) is 4. The first-order valence-electron chi connectivity index (χ1n) is 7.09. The molecule has 4 nitrogen and oxygen atoms in total. The molecule has 0 saturated heterocycles. The fourth-order valence-electron chi connectivity index (χ4n) is 1.93. The molecule has 0 aliphatic heterocycles. The van der Waals surface area contributed by atoms with E-state index < -0.39 is 17.8 Å². The fourth-order valence-corrected chi connectivity index (χ4v) is 1.93. The fraction of sp³-hybridized carbons (Fsp3) is 0.375.